The molecule has 0 fully saturated rings. The van der Waals surface area contributed by atoms with Gasteiger partial charge in [0.25, 0.3) is 11.5 Å². The molecule has 12 nitrogen and oxygen atoms in total. The number of fused-ring (bicyclic) bond motifs is 1. The minimum atomic E-state index is -0.515. The number of hydrogen-bond acceptors (Lipinski definition) is 7. The van der Waals surface area contributed by atoms with Crippen molar-refractivity contribution in [3.8, 4) is 5.88 Å². The molecule has 0 saturated heterocycles. The number of urea groups is 1. The van der Waals surface area contributed by atoms with Gasteiger partial charge in [0.15, 0.2) is 0 Å². The van der Waals surface area contributed by atoms with Crippen molar-refractivity contribution in [3.63, 3.8) is 0 Å². The molecule has 0 saturated carbocycles. The molecule has 2 aromatic heterocycles. The number of benzene rings is 1. The molecule has 0 atom stereocenters. The fourth-order valence-corrected chi connectivity index (χ4v) is 4.06. The Bertz CT molecular complexity index is 1510. The first-order valence-corrected chi connectivity index (χ1v) is 12.1. The molecule has 1 aliphatic rings. The zero-order valence-corrected chi connectivity index (χ0v) is 21.4. The van der Waals surface area contributed by atoms with Crippen molar-refractivity contribution >= 4 is 23.3 Å². The molecule has 1 aliphatic heterocycles. The maximum Gasteiger partial charge on any atom is 0.331 e. The lowest BCUT2D eigenvalue weighted by Gasteiger charge is -2.21. The van der Waals surface area contributed by atoms with E-state index in [0.717, 1.165) is 10.1 Å². The number of amides is 3. The highest BCUT2D eigenvalue weighted by Crippen LogP contribution is 2.13. The third kappa shape index (κ3) is 5.80. The molecule has 4 rings (SSSR count). The fraction of sp³-hybridized carbons (Fsp3) is 0.308. The lowest BCUT2D eigenvalue weighted by molar-refractivity contribution is -0.115. The number of hydrogen-bond donors (Lipinski definition) is 3. The average Bonchev–Trinajstić information content (AvgIpc) is 2.93. The quantitative estimate of drug-likeness (QED) is 0.407. The standard InChI is InChI=1S/C26H29N7O5/c1-4-27-25(36)31-19-7-5-17(6-8-19)14-33-24(35)16(2)21-13-29-20(15-32(21)26(33)37)23(34)30-12-18-9-10-28-22(11-18)38-3/h5-11H,4,12-15H2,1-3H3,(H,30,34)(H2,27,31,36). The Balaban J connectivity index is 1.50. The zero-order chi connectivity index (χ0) is 27.2. The monoisotopic (exact) mass is 519 g/mol. The van der Waals surface area contributed by atoms with Gasteiger partial charge in [0, 0.05) is 36.6 Å². The molecule has 3 amide bonds. The molecular weight excluding hydrogens is 490 g/mol. The van der Waals surface area contributed by atoms with Gasteiger partial charge in [-0.2, -0.15) is 0 Å². The lowest BCUT2D eigenvalue weighted by atomic mass is 10.1. The van der Waals surface area contributed by atoms with Crippen LogP contribution >= 0.6 is 0 Å². The maximum absolute atomic E-state index is 13.3. The summed E-state index contributed by atoms with van der Waals surface area (Å²) in [5.41, 5.74) is 2.28. The van der Waals surface area contributed by atoms with Gasteiger partial charge < -0.3 is 20.7 Å². The van der Waals surface area contributed by atoms with Crippen LogP contribution in [0.4, 0.5) is 10.5 Å². The first-order chi connectivity index (χ1) is 18.3. The normalized spacial score (nSPS) is 12.2. The second kappa shape index (κ2) is 11.5. The molecule has 3 N–H and O–H groups in total. The van der Waals surface area contributed by atoms with Gasteiger partial charge in [0.05, 0.1) is 32.4 Å². The highest BCUT2D eigenvalue weighted by Gasteiger charge is 2.24. The summed E-state index contributed by atoms with van der Waals surface area (Å²) in [7, 11) is 1.51. The van der Waals surface area contributed by atoms with Gasteiger partial charge in [-0.05, 0) is 43.2 Å². The van der Waals surface area contributed by atoms with Crippen LogP contribution in [0.25, 0.3) is 0 Å². The van der Waals surface area contributed by atoms with Crippen LogP contribution in [-0.2, 0) is 31.0 Å². The number of nitrogens with zero attached hydrogens (tertiary/aromatic N) is 4. The van der Waals surface area contributed by atoms with E-state index in [9.17, 15) is 19.2 Å². The molecular formula is C26H29N7O5. The molecule has 38 heavy (non-hydrogen) atoms. The van der Waals surface area contributed by atoms with Crippen LogP contribution in [0.5, 0.6) is 5.88 Å². The zero-order valence-electron chi connectivity index (χ0n) is 21.4. The Labute approximate surface area is 218 Å². The second-order valence-corrected chi connectivity index (χ2v) is 8.67. The summed E-state index contributed by atoms with van der Waals surface area (Å²) in [6.45, 7) is 4.27. The predicted molar refractivity (Wildman–Crippen MR) is 142 cm³/mol. The van der Waals surface area contributed by atoms with Gasteiger partial charge >= 0.3 is 11.7 Å². The van der Waals surface area contributed by atoms with Crippen molar-refractivity contribution in [2.45, 2.75) is 40.0 Å². The summed E-state index contributed by atoms with van der Waals surface area (Å²) in [6.07, 6.45) is 1.59. The van der Waals surface area contributed by atoms with Crippen molar-refractivity contribution < 1.29 is 14.3 Å². The highest BCUT2D eigenvalue weighted by molar-refractivity contribution is 6.38. The summed E-state index contributed by atoms with van der Waals surface area (Å²) in [4.78, 5) is 59.3. The fourth-order valence-electron chi connectivity index (χ4n) is 4.06. The van der Waals surface area contributed by atoms with Crippen LogP contribution in [-0.4, -0.2) is 45.4 Å². The topological polar surface area (TPSA) is 149 Å². The smallest absolute Gasteiger partial charge is 0.331 e. The van der Waals surface area contributed by atoms with Crippen LogP contribution in [0.2, 0.25) is 0 Å². The van der Waals surface area contributed by atoms with Crippen LogP contribution in [0, 0.1) is 6.92 Å². The molecule has 0 radical (unpaired) electrons. The van der Waals surface area contributed by atoms with Gasteiger partial charge in [-0.3, -0.25) is 23.7 Å². The summed E-state index contributed by atoms with van der Waals surface area (Å²) >= 11 is 0. The van der Waals surface area contributed by atoms with Crippen LogP contribution in [0.1, 0.15) is 29.3 Å². The van der Waals surface area contributed by atoms with E-state index in [4.69, 9.17) is 4.74 Å². The lowest BCUT2D eigenvalue weighted by Crippen LogP contribution is -2.47. The van der Waals surface area contributed by atoms with Gasteiger partial charge in [0.2, 0.25) is 5.88 Å². The minimum absolute atomic E-state index is 0.0444. The first-order valence-electron chi connectivity index (χ1n) is 12.1. The van der Waals surface area contributed by atoms with E-state index in [1.807, 2.05) is 6.92 Å². The van der Waals surface area contributed by atoms with Crippen LogP contribution < -0.4 is 31.9 Å². The van der Waals surface area contributed by atoms with Crippen LogP contribution in [0.3, 0.4) is 0 Å². The number of carbonyl (C=O) groups is 2. The summed E-state index contributed by atoms with van der Waals surface area (Å²) in [5.74, 6) is 0.0394. The number of rotatable bonds is 8. The van der Waals surface area contributed by atoms with E-state index in [0.29, 0.717) is 34.9 Å². The van der Waals surface area contributed by atoms with Gasteiger partial charge in [-0.15, -0.1) is 0 Å². The number of aliphatic imine (C=N–C) groups is 1. The van der Waals surface area contributed by atoms with Crippen molar-refractivity contribution in [1.82, 2.24) is 24.8 Å². The number of pyridine rings is 1. The number of nitrogens with one attached hydrogen (secondary N) is 3. The SMILES string of the molecule is CCNC(=O)Nc1ccc(Cn2c(=O)c(C)c3n(c2=O)CC(C(=O)NCc2ccnc(OC)c2)=NC3)cc1. The van der Waals surface area contributed by atoms with E-state index in [-0.39, 0.29) is 37.9 Å². The molecule has 1 aromatic carbocycles. The Kier molecular flexibility index (Phi) is 8.00. The maximum atomic E-state index is 13.3. The number of aromatic nitrogens is 3. The molecule has 0 unspecified atom stereocenters. The molecule has 3 aromatic rings. The largest absolute Gasteiger partial charge is 0.481 e. The van der Waals surface area contributed by atoms with Gasteiger partial charge in [0.1, 0.15) is 5.71 Å². The highest BCUT2D eigenvalue weighted by atomic mass is 16.5. The van der Waals surface area contributed by atoms with Crippen LogP contribution in [0.15, 0.2) is 57.2 Å². The Hall–Kier alpha value is -4.74. The number of ether oxygens (including phenoxy) is 1. The van der Waals surface area contributed by atoms with Crippen molar-refractivity contribution in [2.75, 3.05) is 19.0 Å². The third-order valence-electron chi connectivity index (χ3n) is 6.13. The Morgan fingerprint density at radius 2 is 1.84 bits per heavy atom. The van der Waals surface area contributed by atoms with Crippen molar-refractivity contribution in [1.29, 1.82) is 0 Å². The van der Waals surface area contributed by atoms with Gasteiger partial charge in [-0.25, -0.2) is 14.6 Å². The summed E-state index contributed by atoms with van der Waals surface area (Å²) in [6, 6.07) is 10.0. The minimum Gasteiger partial charge on any atom is -0.481 e. The molecule has 0 aliphatic carbocycles. The van der Waals surface area contributed by atoms with E-state index in [1.54, 1.807) is 49.5 Å². The molecule has 0 spiro atoms. The number of anilines is 1. The van der Waals surface area contributed by atoms with Crippen molar-refractivity contribution in [2.24, 2.45) is 4.99 Å². The van der Waals surface area contributed by atoms with E-state index in [2.05, 4.69) is 25.9 Å². The molecule has 198 valence electrons. The van der Waals surface area contributed by atoms with E-state index in [1.165, 1.54) is 11.7 Å². The number of carbonyl (C=O) groups excluding carboxylic acids is 2. The Morgan fingerprint density at radius 3 is 2.55 bits per heavy atom. The average molecular weight is 520 g/mol. The second-order valence-electron chi connectivity index (χ2n) is 8.67. The molecule has 12 heteroatoms. The molecule has 0 bridgehead atoms. The summed E-state index contributed by atoms with van der Waals surface area (Å²) in [5, 5.41) is 8.16. The van der Waals surface area contributed by atoms with E-state index < -0.39 is 17.2 Å². The number of methoxy groups -OCH3 is 1. The Morgan fingerprint density at radius 1 is 1.08 bits per heavy atom. The summed E-state index contributed by atoms with van der Waals surface area (Å²) < 4.78 is 7.68. The molecule has 3 heterocycles. The van der Waals surface area contributed by atoms with Gasteiger partial charge in [-0.1, -0.05) is 12.1 Å². The van der Waals surface area contributed by atoms with Crippen molar-refractivity contribution in [3.05, 3.63) is 85.8 Å². The van der Waals surface area contributed by atoms with E-state index >= 15 is 0 Å². The third-order valence-corrected chi connectivity index (χ3v) is 6.13. The predicted octanol–water partition coefficient (Wildman–Crippen LogP) is 1.18. The first kappa shape index (κ1) is 26.3.